The van der Waals surface area contributed by atoms with Gasteiger partial charge in [0.05, 0.1) is 0 Å². The summed E-state index contributed by atoms with van der Waals surface area (Å²) in [5, 5.41) is 0. The number of benzene rings is 1. The summed E-state index contributed by atoms with van der Waals surface area (Å²) >= 11 is 0. The van der Waals surface area contributed by atoms with Crippen LogP contribution in [0.3, 0.4) is 0 Å². The van der Waals surface area contributed by atoms with Gasteiger partial charge in [0.1, 0.15) is 5.82 Å². The largest absolute Gasteiger partial charge is 0.324 e. The lowest BCUT2D eigenvalue weighted by Crippen LogP contribution is -2.28. The number of ketones is 1. The first kappa shape index (κ1) is 21.5. The van der Waals surface area contributed by atoms with Gasteiger partial charge in [-0.25, -0.2) is 4.98 Å². The van der Waals surface area contributed by atoms with Crippen molar-refractivity contribution in [1.82, 2.24) is 4.98 Å². The summed E-state index contributed by atoms with van der Waals surface area (Å²) in [6, 6.07) is 8.97. The van der Waals surface area contributed by atoms with E-state index in [9.17, 15) is 4.79 Å². The molecular formula is C26H36N2O. The Labute approximate surface area is 176 Å². The van der Waals surface area contributed by atoms with Crippen molar-refractivity contribution in [2.45, 2.75) is 86.1 Å². The van der Waals surface area contributed by atoms with Crippen LogP contribution in [0.1, 0.15) is 88.9 Å². The molecule has 0 unspecified atom stereocenters. The van der Waals surface area contributed by atoms with Crippen LogP contribution in [0.15, 0.2) is 30.5 Å². The van der Waals surface area contributed by atoms with E-state index >= 15 is 0 Å². The van der Waals surface area contributed by atoms with Crippen LogP contribution in [0.25, 0.3) is 0 Å². The van der Waals surface area contributed by atoms with Gasteiger partial charge in [0.2, 0.25) is 0 Å². The van der Waals surface area contributed by atoms with Crippen LogP contribution in [0.2, 0.25) is 0 Å². The Bertz CT molecular complexity index is 902. The average molecular weight is 393 g/mol. The molecule has 0 aliphatic heterocycles. The van der Waals surface area contributed by atoms with Gasteiger partial charge in [-0.2, -0.15) is 0 Å². The highest BCUT2D eigenvalue weighted by molar-refractivity contribution is 5.94. The smallest absolute Gasteiger partial charge is 0.161 e. The summed E-state index contributed by atoms with van der Waals surface area (Å²) in [6.07, 6.45) is 5.03. The van der Waals surface area contributed by atoms with Crippen molar-refractivity contribution in [2.24, 2.45) is 5.41 Å². The van der Waals surface area contributed by atoms with E-state index in [1.807, 2.05) is 12.1 Å². The molecule has 1 aliphatic rings. The molecule has 0 amide bonds. The minimum absolute atomic E-state index is 0.0509. The fourth-order valence-corrected chi connectivity index (χ4v) is 4.49. The van der Waals surface area contributed by atoms with Gasteiger partial charge < -0.3 is 4.90 Å². The molecule has 0 saturated carbocycles. The predicted octanol–water partition coefficient (Wildman–Crippen LogP) is 6.64. The number of aromatic nitrogens is 1. The summed E-state index contributed by atoms with van der Waals surface area (Å²) in [6.45, 7) is 17.6. The second-order valence-electron chi connectivity index (χ2n) is 10.7. The third kappa shape index (κ3) is 4.55. The number of anilines is 2. The first-order valence-electron chi connectivity index (χ1n) is 10.8. The second-order valence-corrected chi connectivity index (χ2v) is 10.7. The van der Waals surface area contributed by atoms with Crippen LogP contribution in [0, 0.1) is 5.41 Å². The van der Waals surface area contributed by atoms with Crippen molar-refractivity contribution in [3.63, 3.8) is 0 Å². The van der Waals surface area contributed by atoms with Crippen molar-refractivity contribution in [3.05, 3.63) is 52.7 Å². The quantitative estimate of drug-likeness (QED) is 0.535. The highest BCUT2D eigenvalue weighted by Crippen LogP contribution is 2.45. The van der Waals surface area contributed by atoms with Gasteiger partial charge in [0, 0.05) is 23.5 Å². The van der Waals surface area contributed by atoms with Gasteiger partial charge in [-0.1, -0.05) is 40.7 Å². The minimum Gasteiger partial charge on any atom is -0.324 e. The molecule has 1 aromatic heterocycles. The van der Waals surface area contributed by atoms with Crippen LogP contribution in [0.5, 0.6) is 0 Å². The fraction of sp³-hybridized carbons (Fsp3) is 0.538. The average Bonchev–Trinajstić information content (AvgIpc) is 2.89. The number of nitrogens with zero attached hydrogens (tertiary/aromatic N) is 2. The summed E-state index contributed by atoms with van der Waals surface area (Å²) in [5.41, 5.74) is 6.71. The van der Waals surface area contributed by atoms with Gasteiger partial charge in [-0.05, 0) is 85.8 Å². The molecular weight excluding hydrogens is 356 g/mol. The van der Waals surface area contributed by atoms with E-state index in [0.29, 0.717) is 5.56 Å². The van der Waals surface area contributed by atoms with Gasteiger partial charge in [0.25, 0.3) is 0 Å². The molecule has 3 heteroatoms. The Hall–Kier alpha value is -2.16. The number of carbonyl (C=O) groups excluding carboxylic acids is 1. The van der Waals surface area contributed by atoms with Crippen LogP contribution in [-0.4, -0.2) is 16.8 Å². The van der Waals surface area contributed by atoms with E-state index in [1.165, 1.54) is 28.8 Å². The van der Waals surface area contributed by atoms with Gasteiger partial charge in [0.15, 0.2) is 5.78 Å². The van der Waals surface area contributed by atoms with Gasteiger partial charge in [-0.15, -0.1) is 0 Å². The maximum Gasteiger partial charge on any atom is 0.161 e. The van der Waals surface area contributed by atoms with E-state index in [4.69, 9.17) is 0 Å². The Morgan fingerprint density at radius 1 is 1.21 bits per heavy atom. The summed E-state index contributed by atoms with van der Waals surface area (Å²) in [5.74, 6) is 0.958. The highest BCUT2D eigenvalue weighted by atomic mass is 16.1. The molecule has 3 nitrogen and oxygen atoms in total. The predicted molar refractivity (Wildman–Crippen MR) is 122 cm³/mol. The first-order valence-corrected chi connectivity index (χ1v) is 10.8. The molecule has 3 rings (SSSR count). The van der Waals surface area contributed by atoms with Crippen molar-refractivity contribution >= 4 is 17.3 Å². The van der Waals surface area contributed by atoms with Crippen LogP contribution < -0.4 is 4.90 Å². The third-order valence-electron chi connectivity index (χ3n) is 5.93. The first-order chi connectivity index (χ1) is 13.4. The SMILES string of the molecule is CC(=O)c1ccc(N(c2cc(CC(C)(C)C)cc3c2CCC3(C)C)C(C)C)nc1. The normalized spacial score (nSPS) is 15.5. The van der Waals surface area contributed by atoms with Gasteiger partial charge >= 0.3 is 0 Å². The van der Waals surface area contributed by atoms with E-state index in [2.05, 4.69) is 70.5 Å². The number of hydrogen-bond acceptors (Lipinski definition) is 3. The lowest BCUT2D eigenvalue weighted by atomic mass is 9.82. The second kappa shape index (κ2) is 7.59. The number of pyridine rings is 1. The maximum atomic E-state index is 11.7. The molecule has 0 spiro atoms. The molecule has 1 aliphatic carbocycles. The van der Waals surface area contributed by atoms with Crippen LogP contribution in [0.4, 0.5) is 11.5 Å². The Kier molecular flexibility index (Phi) is 5.64. The van der Waals surface area contributed by atoms with Crippen molar-refractivity contribution in [1.29, 1.82) is 0 Å². The lowest BCUT2D eigenvalue weighted by Gasteiger charge is -2.32. The molecule has 2 aromatic rings. The number of carbonyl (C=O) groups is 1. The molecule has 0 radical (unpaired) electrons. The minimum atomic E-state index is 0.0509. The monoisotopic (exact) mass is 392 g/mol. The molecule has 156 valence electrons. The zero-order valence-corrected chi connectivity index (χ0v) is 19.4. The fourth-order valence-electron chi connectivity index (χ4n) is 4.49. The molecule has 0 saturated heterocycles. The third-order valence-corrected chi connectivity index (χ3v) is 5.93. The molecule has 0 fully saturated rings. The molecule has 1 heterocycles. The zero-order chi connectivity index (χ0) is 21.6. The number of rotatable bonds is 5. The molecule has 0 bridgehead atoms. The Morgan fingerprint density at radius 3 is 2.41 bits per heavy atom. The molecule has 29 heavy (non-hydrogen) atoms. The number of Topliss-reactive ketones (excluding diaryl/α,β-unsaturated/α-hetero) is 1. The standard InChI is InChI=1S/C26H36N2O/c1-17(2)28(24-10-9-20(16-27-24)18(3)29)23-14-19(15-25(4,5)6)13-22-21(23)11-12-26(22,7)8/h9-10,13-14,16-17H,11-12,15H2,1-8H3. The maximum absolute atomic E-state index is 11.7. The van der Waals surface area contributed by atoms with E-state index in [0.717, 1.165) is 18.7 Å². The van der Waals surface area contributed by atoms with E-state index in [-0.39, 0.29) is 22.7 Å². The molecule has 0 N–H and O–H groups in total. The molecule has 1 aromatic carbocycles. The van der Waals surface area contributed by atoms with Crippen LogP contribution in [-0.2, 0) is 18.3 Å². The highest BCUT2D eigenvalue weighted by Gasteiger charge is 2.34. The Morgan fingerprint density at radius 2 is 1.90 bits per heavy atom. The zero-order valence-electron chi connectivity index (χ0n) is 19.4. The van der Waals surface area contributed by atoms with Gasteiger partial charge in [-0.3, -0.25) is 4.79 Å². The van der Waals surface area contributed by atoms with Crippen molar-refractivity contribution in [2.75, 3.05) is 4.90 Å². The number of hydrogen-bond donors (Lipinski definition) is 0. The van der Waals surface area contributed by atoms with E-state index in [1.54, 1.807) is 13.1 Å². The number of fused-ring (bicyclic) bond motifs is 1. The van der Waals surface area contributed by atoms with Crippen LogP contribution >= 0.6 is 0 Å². The van der Waals surface area contributed by atoms with Crippen molar-refractivity contribution in [3.8, 4) is 0 Å². The molecule has 0 atom stereocenters. The summed E-state index contributed by atoms with van der Waals surface area (Å²) in [4.78, 5) is 18.7. The van der Waals surface area contributed by atoms with E-state index < -0.39 is 0 Å². The van der Waals surface area contributed by atoms with Crippen molar-refractivity contribution < 1.29 is 4.79 Å². The lowest BCUT2D eigenvalue weighted by molar-refractivity contribution is 0.101. The summed E-state index contributed by atoms with van der Waals surface area (Å²) < 4.78 is 0. The topological polar surface area (TPSA) is 33.2 Å². The Balaban J connectivity index is 2.16. The summed E-state index contributed by atoms with van der Waals surface area (Å²) in [7, 11) is 0.